The van der Waals surface area contributed by atoms with Crippen LogP contribution in [0.2, 0.25) is 0 Å². The molecule has 0 fully saturated rings. The fraction of sp³-hybridized carbons (Fsp3) is 0.179. The molecular formula is C28H20N+. The highest BCUT2D eigenvalue weighted by Gasteiger charge is 2.66. The van der Waals surface area contributed by atoms with Crippen molar-refractivity contribution in [3.63, 3.8) is 0 Å². The lowest BCUT2D eigenvalue weighted by Crippen LogP contribution is -2.62. The number of pyridine rings is 1. The van der Waals surface area contributed by atoms with Crippen LogP contribution in [0.15, 0.2) is 85.1 Å². The average molecular weight is 370 g/mol. The van der Waals surface area contributed by atoms with Crippen molar-refractivity contribution in [2.24, 2.45) is 0 Å². The summed E-state index contributed by atoms with van der Waals surface area (Å²) in [5.41, 5.74) is 13.6. The molecular weight excluding hydrogens is 350 g/mol. The van der Waals surface area contributed by atoms with Crippen molar-refractivity contribution in [1.29, 1.82) is 0 Å². The van der Waals surface area contributed by atoms with E-state index in [1.165, 1.54) is 34.4 Å². The van der Waals surface area contributed by atoms with Crippen molar-refractivity contribution in [2.45, 2.75) is 30.2 Å². The molecule has 1 aliphatic heterocycles. The molecule has 3 atom stereocenters. The van der Waals surface area contributed by atoms with Gasteiger partial charge in [0.25, 0.3) is 0 Å². The van der Waals surface area contributed by atoms with E-state index in [0.29, 0.717) is 11.8 Å². The van der Waals surface area contributed by atoms with Gasteiger partial charge in [0, 0.05) is 30.0 Å². The first-order chi connectivity index (χ1) is 14.4. The SMILES string of the molecule is c1ccc2c(c1)C[C@@]13c4c(cccc4-c4cccc[n+]41)-c1cccc4c1[C@H]3[C@H]2C4. The Labute approximate surface area is 170 Å². The molecule has 136 valence electrons. The Hall–Kier alpha value is -3.19. The van der Waals surface area contributed by atoms with E-state index in [0.717, 1.165) is 6.42 Å². The third-order valence-electron chi connectivity index (χ3n) is 8.13. The third-order valence-corrected chi connectivity index (χ3v) is 8.13. The monoisotopic (exact) mass is 370 g/mol. The van der Waals surface area contributed by atoms with Gasteiger partial charge >= 0.3 is 0 Å². The second kappa shape index (κ2) is 4.68. The van der Waals surface area contributed by atoms with E-state index in [2.05, 4.69) is 89.6 Å². The van der Waals surface area contributed by atoms with Gasteiger partial charge < -0.3 is 0 Å². The molecule has 2 heterocycles. The number of aromatic nitrogens is 1. The van der Waals surface area contributed by atoms with E-state index in [4.69, 9.17) is 0 Å². The first-order valence-corrected chi connectivity index (χ1v) is 10.7. The van der Waals surface area contributed by atoms with Gasteiger partial charge in [-0.15, -0.1) is 0 Å². The second-order valence-corrected chi connectivity index (χ2v) is 9.15. The fourth-order valence-electron chi connectivity index (χ4n) is 7.33. The van der Waals surface area contributed by atoms with Crippen LogP contribution in [0, 0.1) is 0 Å². The van der Waals surface area contributed by atoms with Gasteiger partial charge in [-0.25, -0.2) is 0 Å². The van der Waals surface area contributed by atoms with Crippen molar-refractivity contribution in [3.05, 3.63) is 113 Å². The molecule has 0 radical (unpaired) electrons. The zero-order valence-electron chi connectivity index (χ0n) is 16.1. The minimum atomic E-state index is 0.00113. The van der Waals surface area contributed by atoms with Crippen LogP contribution in [0.25, 0.3) is 22.4 Å². The van der Waals surface area contributed by atoms with E-state index < -0.39 is 0 Å². The lowest BCUT2D eigenvalue weighted by atomic mass is 9.58. The zero-order chi connectivity index (χ0) is 18.7. The number of hydrogen-bond acceptors (Lipinski definition) is 0. The highest BCUT2D eigenvalue weighted by atomic mass is 15.1. The Morgan fingerprint density at radius 2 is 1.52 bits per heavy atom. The summed E-state index contributed by atoms with van der Waals surface area (Å²) in [6.45, 7) is 0. The third kappa shape index (κ3) is 1.47. The minimum absolute atomic E-state index is 0.00113. The summed E-state index contributed by atoms with van der Waals surface area (Å²) in [5.74, 6) is 1.09. The topological polar surface area (TPSA) is 3.88 Å². The molecule has 0 saturated heterocycles. The van der Waals surface area contributed by atoms with Crippen molar-refractivity contribution >= 4 is 0 Å². The normalized spacial score (nSPS) is 25.8. The minimum Gasteiger partial charge on any atom is -0.187 e. The van der Waals surface area contributed by atoms with Gasteiger partial charge in [-0.1, -0.05) is 54.6 Å². The van der Waals surface area contributed by atoms with E-state index in [-0.39, 0.29) is 5.54 Å². The lowest BCUT2D eigenvalue weighted by molar-refractivity contribution is -0.743. The Kier molecular flexibility index (Phi) is 2.38. The van der Waals surface area contributed by atoms with Gasteiger partial charge in [0.05, 0.1) is 11.5 Å². The Morgan fingerprint density at radius 3 is 2.52 bits per heavy atom. The van der Waals surface area contributed by atoms with E-state index in [1.807, 2.05) is 0 Å². The number of benzene rings is 3. The summed E-state index contributed by atoms with van der Waals surface area (Å²) in [6, 6.07) is 30.0. The molecule has 3 aromatic carbocycles. The standard InChI is InChI=1S/C28H20N/c1-2-9-19-18(7-1)16-28-26-21(11-6-12-22(26)24-13-3-4-14-29(24)28)20-10-5-8-17-15-23(19)27(28)25(17)20/h1-14,23,27H,15-16H2/q+1/t23-,27+,28-/m0/s1. The van der Waals surface area contributed by atoms with Crippen molar-refractivity contribution in [2.75, 3.05) is 0 Å². The maximum atomic E-state index is 2.64. The highest BCUT2D eigenvalue weighted by molar-refractivity contribution is 5.86. The highest BCUT2D eigenvalue weighted by Crippen LogP contribution is 2.66. The van der Waals surface area contributed by atoms with Crippen LogP contribution in [0.1, 0.15) is 39.7 Å². The molecule has 29 heavy (non-hydrogen) atoms. The van der Waals surface area contributed by atoms with Gasteiger partial charge in [0.1, 0.15) is 0 Å². The maximum absolute atomic E-state index is 2.64. The first kappa shape index (κ1) is 14.8. The van der Waals surface area contributed by atoms with Crippen LogP contribution in [0.3, 0.4) is 0 Å². The summed E-state index contributed by atoms with van der Waals surface area (Å²) < 4.78 is 2.64. The predicted molar refractivity (Wildman–Crippen MR) is 114 cm³/mol. The summed E-state index contributed by atoms with van der Waals surface area (Å²) in [5, 5.41) is 0. The zero-order valence-corrected chi connectivity index (χ0v) is 16.1. The molecule has 0 unspecified atom stereocenters. The van der Waals surface area contributed by atoms with Crippen LogP contribution in [-0.4, -0.2) is 0 Å². The molecule has 0 saturated carbocycles. The van der Waals surface area contributed by atoms with Crippen LogP contribution < -0.4 is 4.57 Å². The van der Waals surface area contributed by atoms with Crippen LogP contribution in [0.5, 0.6) is 0 Å². The number of fused-ring (bicyclic) bond motifs is 5. The lowest BCUT2D eigenvalue weighted by Gasteiger charge is -2.44. The summed E-state index contributed by atoms with van der Waals surface area (Å²) in [6.07, 6.45) is 4.60. The van der Waals surface area contributed by atoms with Crippen LogP contribution in [-0.2, 0) is 18.4 Å². The predicted octanol–water partition coefficient (Wildman–Crippen LogP) is 5.36. The fourth-order valence-corrected chi connectivity index (χ4v) is 7.33. The molecule has 1 aromatic heterocycles. The van der Waals surface area contributed by atoms with E-state index in [9.17, 15) is 0 Å². The van der Waals surface area contributed by atoms with Gasteiger partial charge in [-0.2, -0.15) is 4.57 Å². The molecule has 0 bridgehead atoms. The molecule has 4 aliphatic rings. The Morgan fingerprint density at radius 1 is 0.724 bits per heavy atom. The average Bonchev–Trinajstić information content (AvgIpc) is 3.30. The molecule has 3 aliphatic carbocycles. The van der Waals surface area contributed by atoms with Gasteiger partial charge in [0.2, 0.25) is 11.2 Å². The number of nitrogens with zero attached hydrogens (tertiary/aromatic N) is 1. The summed E-state index contributed by atoms with van der Waals surface area (Å²) in [4.78, 5) is 0. The van der Waals surface area contributed by atoms with Crippen molar-refractivity contribution < 1.29 is 4.57 Å². The van der Waals surface area contributed by atoms with Crippen molar-refractivity contribution in [3.8, 4) is 22.4 Å². The molecule has 8 rings (SSSR count). The Bertz CT molecular complexity index is 1380. The summed E-state index contributed by atoms with van der Waals surface area (Å²) in [7, 11) is 0. The smallest absolute Gasteiger partial charge is 0.187 e. The molecule has 0 N–H and O–H groups in total. The van der Waals surface area contributed by atoms with Crippen LogP contribution in [0.4, 0.5) is 0 Å². The Balaban J connectivity index is 1.61. The second-order valence-electron chi connectivity index (χ2n) is 9.15. The molecule has 4 aromatic rings. The van der Waals surface area contributed by atoms with Crippen LogP contribution >= 0.6 is 0 Å². The molecule has 1 spiro atoms. The van der Waals surface area contributed by atoms with Crippen molar-refractivity contribution in [1.82, 2.24) is 0 Å². The quantitative estimate of drug-likeness (QED) is 0.367. The van der Waals surface area contributed by atoms with E-state index >= 15 is 0 Å². The van der Waals surface area contributed by atoms with Gasteiger partial charge in [0.15, 0.2) is 6.20 Å². The number of rotatable bonds is 0. The van der Waals surface area contributed by atoms with Gasteiger partial charge in [-0.3, -0.25) is 0 Å². The number of hydrogen-bond donors (Lipinski definition) is 0. The van der Waals surface area contributed by atoms with Gasteiger partial charge in [-0.05, 0) is 51.9 Å². The molecule has 1 nitrogen and oxygen atoms in total. The molecule has 1 heteroatoms. The van der Waals surface area contributed by atoms with E-state index in [1.54, 1.807) is 22.3 Å². The largest absolute Gasteiger partial charge is 0.213 e. The molecule has 0 amide bonds. The summed E-state index contributed by atoms with van der Waals surface area (Å²) >= 11 is 0. The maximum Gasteiger partial charge on any atom is 0.213 e. The first-order valence-electron chi connectivity index (χ1n) is 10.7.